The average Bonchev–Trinajstić information content (AvgIpc) is 3.10. The van der Waals surface area contributed by atoms with Crippen LogP contribution in [-0.4, -0.2) is 38.6 Å². The molecule has 1 atom stereocenters. The van der Waals surface area contributed by atoms with Crippen LogP contribution in [0.2, 0.25) is 5.02 Å². The van der Waals surface area contributed by atoms with Crippen LogP contribution in [0.1, 0.15) is 56.0 Å². The summed E-state index contributed by atoms with van der Waals surface area (Å²) in [7, 11) is 0. The number of amides is 1. The molecule has 0 saturated carbocycles. The second-order valence-electron chi connectivity index (χ2n) is 7.31. The molecule has 1 N–H and O–H groups in total. The highest BCUT2D eigenvalue weighted by Gasteiger charge is 2.21. The zero-order valence-electron chi connectivity index (χ0n) is 17.2. The third-order valence-corrected chi connectivity index (χ3v) is 5.15. The molecular formula is C21H28ClN3O4. The normalized spacial score (nSPS) is 12.0. The Bertz CT molecular complexity index is 837. The van der Waals surface area contributed by atoms with E-state index in [1.165, 1.54) is 6.92 Å². The lowest BCUT2D eigenvalue weighted by molar-refractivity contribution is -0.139. The van der Waals surface area contributed by atoms with E-state index < -0.39 is 5.97 Å². The maximum atomic E-state index is 12.1. The first-order chi connectivity index (χ1) is 13.8. The summed E-state index contributed by atoms with van der Waals surface area (Å²) in [5.74, 6) is -0.249. The highest BCUT2D eigenvalue weighted by molar-refractivity contribution is 6.31. The Morgan fingerprint density at radius 2 is 2.10 bits per heavy atom. The second-order valence-corrected chi connectivity index (χ2v) is 7.72. The SMILES string of the molecule is CCc1nc(CN(CC(CCCc2ccc(C)cc2Cl)CC(=O)O)C(C)=O)no1. The lowest BCUT2D eigenvalue weighted by atomic mass is 9.95. The van der Waals surface area contributed by atoms with Crippen molar-refractivity contribution in [3.63, 3.8) is 0 Å². The van der Waals surface area contributed by atoms with E-state index >= 15 is 0 Å². The number of hydrogen-bond donors (Lipinski definition) is 1. The van der Waals surface area contributed by atoms with Gasteiger partial charge in [-0.2, -0.15) is 4.98 Å². The fourth-order valence-corrected chi connectivity index (χ4v) is 3.56. The van der Waals surface area contributed by atoms with Gasteiger partial charge in [-0.1, -0.05) is 35.8 Å². The van der Waals surface area contributed by atoms with Crippen LogP contribution >= 0.6 is 11.6 Å². The predicted octanol–water partition coefficient (Wildman–Crippen LogP) is 4.06. The van der Waals surface area contributed by atoms with Crippen molar-refractivity contribution in [3.05, 3.63) is 46.1 Å². The van der Waals surface area contributed by atoms with Gasteiger partial charge in [0.05, 0.1) is 6.54 Å². The number of aromatic nitrogens is 2. The van der Waals surface area contributed by atoms with Gasteiger partial charge in [0.1, 0.15) is 0 Å². The molecule has 2 aromatic rings. The van der Waals surface area contributed by atoms with Crippen molar-refractivity contribution in [3.8, 4) is 0 Å². The largest absolute Gasteiger partial charge is 0.481 e. The molecule has 0 aliphatic rings. The molecule has 1 aromatic heterocycles. The van der Waals surface area contributed by atoms with Gasteiger partial charge in [0.25, 0.3) is 0 Å². The van der Waals surface area contributed by atoms with E-state index in [0.29, 0.717) is 31.1 Å². The molecule has 0 saturated heterocycles. The number of carbonyl (C=O) groups is 2. The number of hydrogen-bond acceptors (Lipinski definition) is 5. The minimum absolute atomic E-state index is 0.00212. The number of benzene rings is 1. The lowest BCUT2D eigenvalue weighted by Crippen LogP contribution is -2.34. The zero-order chi connectivity index (χ0) is 21.4. The minimum atomic E-state index is -0.875. The molecule has 2 rings (SSSR count). The van der Waals surface area contributed by atoms with Gasteiger partial charge in [0.15, 0.2) is 5.82 Å². The van der Waals surface area contributed by atoms with Gasteiger partial charge in [-0.25, -0.2) is 0 Å². The lowest BCUT2D eigenvalue weighted by Gasteiger charge is -2.25. The van der Waals surface area contributed by atoms with E-state index in [0.717, 1.165) is 29.0 Å². The van der Waals surface area contributed by atoms with Crippen LogP contribution in [0.5, 0.6) is 0 Å². The van der Waals surface area contributed by atoms with E-state index in [4.69, 9.17) is 16.1 Å². The topological polar surface area (TPSA) is 96.5 Å². The Hall–Kier alpha value is -2.41. The number of aliphatic carboxylic acids is 1. The maximum Gasteiger partial charge on any atom is 0.303 e. The number of nitrogens with zero attached hydrogens (tertiary/aromatic N) is 3. The summed E-state index contributed by atoms with van der Waals surface area (Å²) >= 11 is 6.29. The van der Waals surface area contributed by atoms with Gasteiger partial charge >= 0.3 is 5.97 Å². The number of carboxylic acids is 1. The number of carboxylic acid groups (broad SMARTS) is 1. The smallest absolute Gasteiger partial charge is 0.303 e. The Morgan fingerprint density at radius 1 is 1.34 bits per heavy atom. The summed E-state index contributed by atoms with van der Waals surface area (Å²) in [6, 6.07) is 5.95. The molecule has 29 heavy (non-hydrogen) atoms. The predicted molar refractivity (Wildman–Crippen MR) is 110 cm³/mol. The number of carbonyl (C=O) groups excluding carboxylic acids is 1. The molecule has 158 valence electrons. The molecule has 1 unspecified atom stereocenters. The fraction of sp³-hybridized carbons (Fsp3) is 0.524. The molecule has 0 aliphatic heterocycles. The van der Waals surface area contributed by atoms with Gasteiger partial charge in [-0.3, -0.25) is 9.59 Å². The fourth-order valence-electron chi connectivity index (χ4n) is 3.23. The molecule has 0 radical (unpaired) electrons. The quantitative estimate of drug-likeness (QED) is 0.587. The Kier molecular flexibility index (Phi) is 8.64. The van der Waals surface area contributed by atoms with Crippen molar-refractivity contribution in [1.82, 2.24) is 15.0 Å². The van der Waals surface area contributed by atoms with Crippen molar-refractivity contribution in [2.75, 3.05) is 6.54 Å². The molecule has 1 amide bonds. The highest BCUT2D eigenvalue weighted by atomic mass is 35.5. The summed E-state index contributed by atoms with van der Waals surface area (Å²) in [6.07, 6.45) is 2.84. The summed E-state index contributed by atoms with van der Waals surface area (Å²) in [5.41, 5.74) is 2.15. The third kappa shape index (κ3) is 7.49. The van der Waals surface area contributed by atoms with Gasteiger partial charge in [-0.15, -0.1) is 0 Å². The van der Waals surface area contributed by atoms with Gasteiger partial charge in [0, 0.05) is 31.3 Å². The number of aryl methyl sites for hydroxylation is 3. The highest BCUT2D eigenvalue weighted by Crippen LogP contribution is 2.22. The van der Waals surface area contributed by atoms with Crippen molar-refractivity contribution in [2.24, 2.45) is 5.92 Å². The summed E-state index contributed by atoms with van der Waals surface area (Å²) < 4.78 is 5.09. The minimum Gasteiger partial charge on any atom is -0.481 e. The summed E-state index contributed by atoms with van der Waals surface area (Å²) in [5, 5.41) is 13.9. The first kappa shape index (κ1) is 22.9. The molecule has 8 heteroatoms. The maximum absolute atomic E-state index is 12.1. The van der Waals surface area contributed by atoms with Gasteiger partial charge in [-0.05, 0) is 49.3 Å². The molecule has 0 fully saturated rings. The van der Waals surface area contributed by atoms with Crippen LogP contribution in [0, 0.1) is 12.8 Å². The summed E-state index contributed by atoms with van der Waals surface area (Å²) in [4.78, 5) is 29.2. The third-order valence-electron chi connectivity index (χ3n) is 4.80. The molecule has 0 spiro atoms. The van der Waals surface area contributed by atoms with E-state index in [-0.39, 0.29) is 24.8 Å². The molecule has 7 nitrogen and oxygen atoms in total. The molecule has 1 aromatic carbocycles. The molecular weight excluding hydrogens is 394 g/mol. The molecule has 0 aliphatic carbocycles. The molecule has 1 heterocycles. The summed E-state index contributed by atoms with van der Waals surface area (Å²) in [6.45, 7) is 5.90. The zero-order valence-corrected chi connectivity index (χ0v) is 17.9. The van der Waals surface area contributed by atoms with E-state index in [9.17, 15) is 14.7 Å². The number of halogens is 1. The first-order valence-corrected chi connectivity index (χ1v) is 10.2. The first-order valence-electron chi connectivity index (χ1n) is 9.82. The van der Waals surface area contributed by atoms with Gasteiger partial charge in [0.2, 0.25) is 11.8 Å². The van der Waals surface area contributed by atoms with E-state index in [1.54, 1.807) is 4.90 Å². The van der Waals surface area contributed by atoms with E-state index in [1.807, 2.05) is 32.0 Å². The van der Waals surface area contributed by atoms with Crippen molar-refractivity contribution >= 4 is 23.5 Å². The molecule has 0 bridgehead atoms. The Morgan fingerprint density at radius 3 is 2.69 bits per heavy atom. The standard InChI is InChI=1S/C21H28ClN3O4/c1-4-20-23-19(24-29-20)13-25(15(3)26)12-16(11-21(27)28)6-5-7-17-9-8-14(2)10-18(17)22/h8-10,16H,4-7,11-13H2,1-3H3,(H,27,28). The van der Waals surface area contributed by atoms with Crippen molar-refractivity contribution in [1.29, 1.82) is 0 Å². The van der Waals surface area contributed by atoms with Crippen LogP contribution in [0.25, 0.3) is 0 Å². The van der Waals surface area contributed by atoms with E-state index in [2.05, 4.69) is 10.1 Å². The average molecular weight is 422 g/mol. The van der Waals surface area contributed by atoms with Crippen molar-refractivity contribution in [2.45, 2.75) is 59.4 Å². The monoisotopic (exact) mass is 421 g/mol. The Labute approximate surface area is 176 Å². The number of rotatable bonds is 11. The van der Waals surface area contributed by atoms with Crippen LogP contribution in [-0.2, 0) is 29.0 Å². The van der Waals surface area contributed by atoms with Crippen LogP contribution in [0.4, 0.5) is 0 Å². The van der Waals surface area contributed by atoms with Crippen LogP contribution in [0.15, 0.2) is 22.7 Å². The second kappa shape index (κ2) is 11.0. The van der Waals surface area contributed by atoms with Gasteiger partial charge < -0.3 is 14.5 Å². The Balaban J connectivity index is 1.98. The van der Waals surface area contributed by atoms with Crippen molar-refractivity contribution < 1.29 is 19.2 Å². The van der Waals surface area contributed by atoms with Crippen LogP contribution < -0.4 is 0 Å². The van der Waals surface area contributed by atoms with Crippen LogP contribution in [0.3, 0.4) is 0 Å².